The molecule has 0 aromatic heterocycles. The number of carbonyl (C=O) groups is 1. The highest BCUT2D eigenvalue weighted by molar-refractivity contribution is 5.70. The summed E-state index contributed by atoms with van der Waals surface area (Å²) in [5.41, 5.74) is 3.10. The van der Waals surface area contributed by atoms with E-state index in [1.54, 1.807) is 18.2 Å². The zero-order valence-electron chi connectivity index (χ0n) is 10.7. The first-order chi connectivity index (χ1) is 9.65. The summed E-state index contributed by atoms with van der Waals surface area (Å²) in [6.45, 7) is 0.372. The van der Waals surface area contributed by atoms with Gasteiger partial charge in [-0.25, -0.2) is 0 Å². The molecule has 1 atom stereocenters. The van der Waals surface area contributed by atoms with Crippen LogP contribution in [0.15, 0.2) is 42.5 Å². The van der Waals surface area contributed by atoms with Gasteiger partial charge in [-0.05, 0) is 22.8 Å². The Balaban J connectivity index is 2.02. The first-order valence-electron chi connectivity index (χ1n) is 6.38. The highest BCUT2D eigenvalue weighted by Gasteiger charge is 2.22. The van der Waals surface area contributed by atoms with Crippen LogP contribution in [0, 0.1) is 0 Å². The lowest BCUT2D eigenvalue weighted by Crippen LogP contribution is -2.03. The van der Waals surface area contributed by atoms with Crippen LogP contribution in [0.3, 0.4) is 0 Å². The Hall–Kier alpha value is -2.33. The molecule has 1 unspecified atom stereocenters. The third-order valence-electron chi connectivity index (χ3n) is 3.46. The number of aliphatic carboxylic acids is 1. The third-order valence-corrected chi connectivity index (χ3v) is 3.46. The minimum atomic E-state index is -0.887. The van der Waals surface area contributed by atoms with Crippen LogP contribution in [-0.2, 0) is 17.8 Å². The molecule has 2 aromatic rings. The summed E-state index contributed by atoms with van der Waals surface area (Å²) < 4.78 is 5.71. The van der Waals surface area contributed by atoms with E-state index in [-0.39, 0.29) is 6.42 Å². The Morgan fingerprint density at radius 1 is 1.20 bits per heavy atom. The molecule has 2 aromatic carbocycles. The second kappa shape index (κ2) is 4.98. The molecule has 0 aliphatic carbocycles. The molecule has 0 saturated carbocycles. The van der Waals surface area contributed by atoms with E-state index in [1.165, 1.54) is 0 Å². The lowest BCUT2D eigenvalue weighted by atomic mass is 9.96. The van der Waals surface area contributed by atoms with Gasteiger partial charge in [-0.1, -0.05) is 36.4 Å². The summed E-state index contributed by atoms with van der Waals surface area (Å²) in [5.74, 6) is -0.338. The molecule has 1 heterocycles. The molecule has 0 bridgehead atoms. The van der Waals surface area contributed by atoms with Gasteiger partial charge < -0.3 is 14.9 Å². The van der Waals surface area contributed by atoms with Crippen LogP contribution in [0.1, 0.15) is 28.4 Å². The van der Waals surface area contributed by atoms with Crippen LogP contribution in [0.5, 0.6) is 5.75 Å². The monoisotopic (exact) mass is 270 g/mol. The summed E-state index contributed by atoms with van der Waals surface area (Å²) in [7, 11) is 0. The first kappa shape index (κ1) is 12.7. The molecular weight excluding hydrogens is 256 g/mol. The maximum absolute atomic E-state index is 10.8. The normalized spacial score (nSPS) is 16.6. The van der Waals surface area contributed by atoms with Gasteiger partial charge in [0.05, 0.1) is 6.42 Å². The van der Waals surface area contributed by atoms with Gasteiger partial charge in [-0.3, -0.25) is 4.79 Å². The van der Waals surface area contributed by atoms with Gasteiger partial charge in [0.15, 0.2) is 0 Å². The number of carboxylic acid groups (broad SMARTS) is 1. The van der Waals surface area contributed by atoms with E-state index >= 15 is 0 Å². The molecule has 0 saturated heterocycles. The fraction of sp³-hybridized carbons (Fsp3) is 0.188. The molecule has 0 spiro atoms. The number of aliphatic hydroxyl groups excluding tert-OH is 1. The maximum atomic E-state index is 10.8. The Kier molecular flexibility index (Phi) is 3.16. The highest BCUT2D eigenvalue weighted by atomic mass is 16.5. The minimum absolute atomic E-state index is 0.0559. The zero-order chi connectivity index (χ0) is 14.1. The molecule has 4 nitrogen and oxygen atoms in total. The van der Waals surface area contributed by atoms with Crippen molar-refractivity contribution in [3.05, 3.63) is 64.7 Å². The van der Waals surface area contributed by atoms with Crippen molar-refractivity contribution in [2.75, 3.05) is 0 Å². The predicted octanol–water partition coefficient (Wildman–Crippen LogP) is 2.29. The van der Waals surface area contributed by atoms with E-state index in [0.717, 1.165) is 11.1 Å². The van der Waals surface area contributed by atoms with Crippen LogP contribution < -0.4 is 4.74 Å². The van der Waals surface area contributed by atoms with Crippen molar-refractivity contribution < 1.29 is 19.7 Å². The molecule has 1 aliphatic heterocycles. The SMILES string of the molecule is O=C(O)Cc1ccc2c(c1)OCc1ccccc1C2O. The summed E-state index contributed by atoms with van der Waals surface area (Å²) in [5, 5.41) is 19.3. The number of carboxylic acids is 1. The number of hydrogen-bond donors (Lipinski definition) is 2. The number of fused-ring (bicyclic) bond motifs is 2. The summed E-state index contributed by atoms with van der Waals surface area (Å²) in [6, 6.07) is 12.7. The Bertz CT molecular complexity index is 663. The van der Waals surface area contributed by atoms with Crippen LogP contribution in [0.2, 0.25) is 0 Å². The standard InChI is InChI=1S/C16H14O4/c17-15(18)8-10-5-6-13-14(7-10)20-9-11-3-1-2-4-12(11)16(13)19/h1-7,16,19H,8-9H2,(H,17,18). The minimum Gasteiger partial charge on any atom is -0.488 e. The average Bonchev–Trinajstić information content (AvgIpc) is 2.57. The van der Waals surface area contributed by atoms with E-state index in [9.17, 15) is 9.90 Å². The predicted molar refractivity (Wildman–Crippen MR) is 72.6 cm³/mol. The van der Waals surface area contributed by atoms with Crippen LogP contribution in [0.4, 0.5) is 0 Å². The van der Waals surface area contributed by atoms with E-state index in [4.69, 9.17) is 9.84 Å². The number of aliphatic hydroxyl groups is 1. The van der Waals surface area contributed by atoms with E-state index in [2.05, 4.69) is 0 Å². The van der Waals surface area contributed by atoms with Crippen molar-refractivity contribution in [1.29, 1.82) is 0 Å². The zero-order valence-corrected chi connectivity index (χ0v) is 10.7. The van der Waals surface area contributed by atoms with E-state index in [0.29, 0.717) is 23.5 Å². The van der Waals surface area contributed by atoms with Crippen molar-refractivity contribution in [2.24, 2.45) is 0 Å². The van der Waals surface area contributed by atoms with Crippen LogP contribution in [-0.4, -0.2) is 16.2 Å². The Morgan fingerprint density at radius 3 is 2.80 bits per heavy atom. The number of hydrogen-bond acceptors (Lipinski definition) is 3. The van der Waals surface area contributed by atoms with E-state index < -0.39 is 12.1 Å². The van der Waals surface area contributed by atoms with Crippen LogP contribution in [0.25, 0.3) is 0 Å². The number of ether oxygens (including phenoxy) is 1. The molecule has 20 heavy (non-hydrogen) atoms. The lowest BCUT2D eigenvalue weighted by molar-refractivity contribution is -0.136. The Labute approximate surface area is 116 Å². The summed E-state index contributed by atoms with van der Waals surface area (Å²) >= 11 is 0. The first-order valence-corrected chi connectivity index (χ1v) is 6.38. The average molecular weight is 270 g/mol. The van der Waals surface area contributed by atoms with Crippen LogP contribution >= 0.6 is 0 Å². The molecule has 0 amide bonds. The van der Waals surface area contributed by atoms with Gasteiger partial charge in [0.1, 0.15) is 18.5 Å². The van der Waals surface area contributed by atoms with Gasteiger partial charge in [0.2, 0.25) is 0 Å². The highest BCUT2D eigenvalue weighted by Crippen LogP contribution is 2.36. The summed E-state index contributed by atoms with van der Waals surface area (Å²) in [4.78, 5) is 10.8. The van der Waals surface area contributed by atoms with Gasteiger partial charge in [0.25, 0.3) is 0 Å². The fourth-order valence-corrected chi connectivity index (χ4v) is 2.47. The largest absolute Gasteiger partial charge is 0.488 e. The fourth-order valence-electron chi connectivity index (χ4n) is 2.47. The van der Waals surface area contributed by atoms with Crippen molar-refractivity contribution >= 4 is 5.97 Å². The smallest absolute Gasteiger partial charge is 0.307 e. The Morgan fingerprint density at radius 2 is 2.00 bits per heavy atom. The van der Waals surface area contributed by atoms with Crippen molar-refractivity contribution in [2.45, 2.75) is 19.1 Å². The van der Waals surface area contributed by atoms with Gasteiger partial charge in [0, 0.05) is 5.56 Å². The van der Waals surface area contributed by atoms with Gasteiger partial charge >= 0.3 is 5.97 Å². The quantitative estimate of drug-likeness (QED) is 0.878. The number of benzene rings is 2. The van der Waals surface area contributed by atoms with Gasteiger partial charge in [-0.2, -0.15) is 0 Å². The maximum Gasteiger partial charge on any atom is 0.307 e. The molecule has 102 valence electrons. The molecular formula is C16H14O4. The van der Waals surface area contributed by atoms with E-state index in [1.807, 2.05) is 24.3 Å². The summed E-state index contributed by atoms with van der Waals surface area (Å²) in [6.07, 6.45) is -0.803. The topological polar surface area (TPSA) is 66.8 Å². The van der Waals surface area contributed by atoms with Crippen molar-refractivity contribution in [1.82, 2.24) is 0 Å². The van der Waals surface area contributed by atoms with Crippen molar-refractivity contribution in [3.63, 3.8) is 0 Å². The molecule has 1 aliphatic rings. The van der Waals surface area contributed by atoms with Crippen molar-refractivity contribution in [3.8, 4) is 5.75 Å². The molecule has 3 rings (SSSR count). The molecule has 2 N–H and O–H groups in total. The second-order valence-electron chi connectivity index (χ2n) is 4.83. The number of rotatable bonds is 2. The molecule has 0 radical (unpaired) electrons. The third kappa shape index (κ3) is 2.26. The second-order valence-corrected chi connectivity index (χ2v) is 4.83. The molecule has 4 heteroatoms. The van der Waals surface area contributed by atoms with Gasteiger partial charge in [-0.15, -0.1) is 0 Å². The molecule has 0 fully saturated rings. The lowest BCUT2D eigenvalue weighted by Gasteiger charge is -2.13.